The van der Waals surface area contributed by atoms with E-state index in [0.29, 0.717) is 13.1 Å². The minimum Gasteiger partial charge on any atom is -0.329 e. The molecule has 0 radical (unpaired) electrons. The van der Waals surface area contributed by atoms with Gasteiger partial charge in [0.2, 0.25) is 5.91 Å². The summed E-state index contributed by atoms with van der Waals surface area (Å²) < 4.78 is 1.74. The Hall–Kier alpha value is -1.36. The van der Waals surface area contributed by atoms with Crippen LogP contribution < -0.4 is 11.1 Å². The quantitative estimate of drug-likeness (QED) is 0.797. The predicted octanol–water partition coefficient (Wildman–Crippen LogP) is 0.970. The summed E-state index contributed by atoms with van der Waals surface area (Å²) in [6, 6.07) is 0. The predicted molar refractivity (Wildman–Crippen MR) is 61.9 cm³/mol. The van der Waals surface area contributed by atoms with E-state index >= 15 is 0 Å². The zero-order chi connectivity index (χ0) is 11.4. The molecule has 16 heavy (non-hydrogen) atoms. The number of anilines is 1. The Kier molecular flexibility index (Phi) is 3.56. The second-order valence-corrected chi connectivity index (χ2v) is 4.25. The van der Waals surface area contributed by atoms with Gasteiger partial charge in [-0.15, -0.1) is 0 Å². The van der Waals surface area contributed by atoms with Crippen molar-refractivity contribution in [3.05, 3.63) is 12.4 Å². The van der Waals surface area contributed by atoms with Crippen LogP contribution in [0.15, 0.2) is 12.4 Å². The molecule has 0 unspecified atom stereocenters. The average Bonchev–Trinajstić information content (AvgIpc) is 2.89. The first-order chi connectivity index (χ1) is 7.79. The van der Waals surface area contributed by atoms with Crippen LogP contribution in [-0.2, 0) is 11.3 Å². The van der Waals surface area contributed by atoms with Crippen molar-refractivity contribution >= 4 is 11.6 Å². The highest BCUT2D eigenvalue weighted by Crippen LogP contribution is 2.25. The molecular formula is C11H18N4O. The molecule has 0 atom stereocenters. The topological polar surface area (TPSA) is 72.9 Å². The normalized spacial score (nSPS) is 16.6. The highest BCUT2D eigenvalue weighted by Gasteiger charge is 2.22. The summed E-state index contributed by atoms with van der Waals surface area (Å²) >= 11 is 0. The molecule has 0 aromatic carbocycles. The number of hydrogen-bond donors (Lipinski definition) is 2. The van der Waals surface area contributed by atoms with Crippen LogP contribution in [0.25, 0.3) is 0 Å². The summed E-state index contributed by atoms with van der Waals surface area (Å²) in [6.45, 7) is 1.23. The van der Waals surface area contributed by atoms with Gasteiger partial charge >= 0.3 is 0 Å². The lowest BCUT2D eigenvalue weighted by Gasteiger charge is -2.07. The minimum atomic E-state index is 0.129. The maximum absolute atomic E-state index is 11.8. The first-order valence-corrected chi connectivity index (χ1v) is 5.83. The van der Waals surface area contributed by atoms with Gasteiger partial charge in [-0.25, -0.2) is 0 Å². The number of nitrogens with two attached hydrogens (primary N) is 1. The van der Waals surface area contributed by atoms with Crippen molar-refractivity contribution in [1.29, 1.82) is 0 Å². The number of carbonyl (C=O) groups excluding carboxylic acids is 1. The van der Waals surface area contributed by atoms with Crippen molar-refractivity contribution in [3.8, 4) is 0 Å². The number of carbonyl (C=O) groups is 1. The van der Waals surface area contributed by atoms with Crippen LogP contribution in [0.3, 0.4) is 0 Å². The number of nitrogens with zero attached hydrogens (tertiary/aromatic N) is 2. The molecule has 1 aliphatic carbocycles. The molecular weight excluding hydrogens is 204 g/mol. The molecule has 1 heterocycles. The summed E-state index contributed by atoms with van der Waals surface area (Å²) in [7, 11) is 0. The van der Waals surface area contributed by atoms with Crippen LogP contribution in [0.1, 0.15) is 25.7 Å². The van der Waals surface area contributed by atoms with Gasteiger partial charge in [0.25, 0.3) is 0 Å². The summed E-state index contributed by atoms with van der Waals surface area (Å²) in [4.78, 5) is 11.8. The van der Waals surface area contributed by atoms with Crippen LogP contribution in [0.2, 0.25) is 0 Å². The summed E-state index contributed by atoms with van der Waals surface area (Å²) in [5, 5.41) is 7.01. The third kappa shape index (κ3) is 2.61. The number of aromatic nitrogens is 2. The fourth-order valence-electron chi connectivity index (χ4n) is 2.12. The highest BCUT2D eigenvalue weighted by molar-refractivity contribution is 5.92. The zero-order valence-electron chi connectivity index (χ0n) is 9.35. The van der Waals surface area contributed by atoms with E-state index in [1.807, 2.05) is 6.20 Å². The lowest BCUT2D eigenvalue weighted by Crippen LogP contribution is -2.19. The fourth-order valence-corrected chi connectivity index (χ4v) is 2.12. The Morgan fingerprint density at radius 2 is 2.31 bits per heavy atom. The summed E-state index contributed by atoms with van der Waals surface area (Å²) in [6.07, 6.45) is 7.86. The maximum Gasteiger partial charge on any atom is 0.227 e. The monoisotopic (exact) mass is 222 g/mol. The van der Waals surface area contributed by atoms with Gasteiger partial charge in [-0.3, -0.25) is 9.48 Å². The summed E-state index contributed by atoms with van der Waals surface area (Å²) in [5.74, 6) is 0.322. The molecule has 5 heteroatoms. The van der Waals surface area contributed by atoms with Crippen molar-refractivity contribution in [1.82, 2.24) is 9.78 Å². The van der Waals surface area contributed by atoms with Gasteiger partial charge in [0.05, 0.1) is 18.4 Å². The van der Waals surface area contributed by atoms with E-state index < -0.39 is 0 Å². The molecule has 1 aliphatic rings. The molecule has 0 spiro atoms. The Balaban J connectivity index is 1.89. The second kappa shape index (κ2) is 5.12. The van der Waals surface area contributed by atoms with Crippen molar-refractivity contribution in [2.24, 2.45) is 11.7 Å². The minimum absolute atomic E-state index is 0.129. The van der Waals surface area contributed by atoms with Crippen molar-refractivity contribution in [2.75, 3.05) is 11.9 Å². The van der Waals surface area contributed by atoms with Gasteiger partial charge in [0.1, 0.15) is 0 Å². The smallest absolute Gasteiger partial charge is 0.227 e. The molecule has 88 valence electrons. The second-order valence-electron chi connectivity index (χ2n) is 4.25. The van der Waals surface area contributed by atoms with E-state index in [1.165, 1.54) is 12.8 Å². The van der Waals surface area contributed by atoms with Gasteiger partial charge in [0.15, 0.2) is 0 Å². The fraction of sp³-hybridized carbons (Fsp3) is 0.636. The molecule has 1 aromatic rings. The average molecular weight is 222 g/mol. The first kappa shape index (κ1) is 11.1. The molecule has 0 aliphatic heterocycles. The number of nitrogens with one attached hydrogen (secondary N) is 1. The number of hydrogen-bond acceptors (Lipinski definition) is 3. The lowest BCUT2D eigenvalue weighted by molar-refractivity contribution is -0.119. The molecule has 1 amide bonds. The standard InChI is InChI=1S/C11H18N4O/c12-5-6-15-8-10(7-13-15)14-11(16)9-3-1-2-4-9/h7-9H,1-6,12H2,(H,14,16). The Morgan fingerprint density at radius 1 is 1.56 bits per heavy atom. The third-order valence-corrected chi connectivity index (χ3v) is 2.98. The van der Waals surface area contributed by atoms with Gasteiger partial charge in [-0.2, -0.15) is 5.10 Å². The van der Waals surface area contributed by atoms with Crippen LogP contribution in [0, 0.1) is 5.92 Å². The van der Waals surface area contributed by atoms with E-state index in [4.69, 9.17) is 5.73 Å². The van der Waals surface area contributed by atoms with E-state index in [1.54, 1.807) is 10.9 Å². The lowest BCUT2D eigenvalue weighted by atomic mass is 10.1. The largest absolute Gasteiger partial charge is 0.329 e. The molecule has 5 nitrogen and oxygen atoms in total. The molecule has 1 saturated carbocycles. The SMILES string of the molecule is NCCn1cc(NC(=O)C2CCCC2)cn1. The number of amides is 1. The van der Waals surface area contributed by atoms with Crippen LogP contribution in [0.5, 0.6) is 0 Å². The maximum atomic E-state index is 11.8. The zero-order valence-corrected chi connectivity index (χ0v) is 9.35. The van der Waals surface area contributed by atoms with Crippen molar-refractivity contribution in [2.45, 2.75) is 32.2 Å². The Bertz CT molecular complexity index is 355. The first-order valence-electron chi connectivity index (χ1n) is 5.83. The van der Waals surface area contributed by atoms with E-state index in [2.05, 4.69) is 10.4 Å². The van der Waals surface area contributed by atoms with E-state index in [0.717, 1.165) is 18.5 Å². The summed E-state index contributed by atoms with van der Waals surface area (Å²) in [5.41, 5.74) is 6.19. The van der Waals surface area contributed by atoms with E-state index in [-0.39, 0.29) is 11.8 Å². The van der Waals surface area contributed by atoms with Crippen LogP contribution >= 0.6 is 0 Å². The van der Waals surface area contributed by atoms with E-state index in [9.17, 15) is 4.79 Å². The third-order valence-electron chi connectivity index (χ3n) is 2.98. The number of rotatable bonds is 4. The van der Waals surface area contributed by atoms with Crippen molar-refractivity contribution in [3.63, 3.8) is 0 Å². The molecule has 2 rings (SSSR count). The molecule has 1 fully saturated rings. The molecule has 3 N–H and O–H groups in total. The van der Waals surface area contributed by atoms with Crippen molar-refractivity contribution < 1.29 is 4.79 Å². The Labute approximate surface area is 95.0 Å². The van der Waals surface area contributed by atoms with Gasteiger partial charge in [0, 0.05) is 18.7 Å². The van der Waals surface area contributed by atoms with Crippen LogP contribution in [0.4, 0.5) is 5.69 Å². The van der Waals surface area contributed by atoms with Gasteiger partial charge < -0.3 is 11.1 Å². The molecule has 0 saturated heterocycles. The Morgan fingerprint density at radius 3 is 3.00 bits per heavy atom. The van der Waals surface area contributed by atoms with Gasteiger partial charge in [-0.1, -0.05) is 12.8 Å². The highest BCUT2D eigenvalue weighted by atomic mass is 16.1. The molecule has 0 bridgehead atoms. The molecule has 1 aromatic heterocycles. The van der Waals surface area contributed by atoms with Gasteiger partial charge in [-0.05, 0) is 12.8 Å². The van der Waals surface area contributed by atoms with Crippen LogP contribution in [-0.4, -0.2) is 22.2 Å².